The minimum Gasteiger partial charge on any atom is -0.491 e. The molecule has 0 bridgehead atoms. The quantitative estimate of drug-likeness (QED) is 0.909. The maximum Gasteiger partial charge on any atom is 0.119 e. The Balaban J connectivity index is 2.11. The van der Waals surface area contributed by atoms with Crippen LogP contribution >= 0.6 is 11.3 Å². The highest BCUT2D eigenvalue weighted by molar-refractivity contribution is 7.09. The molecule has 0 saturated heterocycles. The molecule has 0 aliphatic carbocycles. The lowest BCUT2D eigenvalue weighted by Gasteiger charge is -2.09. The number of benzene rings is 1. The molecule has 1 atom stereocenters. The van der Waals surface area contributed by atoms with E-state index in [0.717, 1.165) is 28.4 Å². The van der Waals surface area contributed by atoms with Gasteiger partial charge in [-0.1, -0.05) is 0 Å². The van der Waals surface area contributed by atoms with E-state index in [1.807, 2.05) is 45.0 Å². The lowest BCUT2D eigenvalue weighted by Crippen LogP contribution is -2.17. The van der Waals surface area contributed by atoms with Crippen LogP contribution in [-0.4, -0.2) is 17.1 Å². The lowest BCUT2D eigenvalue weighted by atomic mass is 10.1. The van der Waals surface area contributed by atoms with E-state index in [4.69, 9.17) is 10.5 Å². The van der Waals surface area contributed by atoms with Crippen molar-refractivity contribution in [2.75, 3.05) is 0 Å². The van der Waals surface area contributed by atoms with E-state index in [1.54, 1.807) is 11.3 Å². The van der Waals surface area contributed by atoms with Crippen LogP contribution in [0.4, 0.5) is 0 Å². The summed E-state index contributed by atoms with van der Waals surface area (Å²) in [6.45, 7) is 6.04. The van der Waals surface area contributed by atoms with E-state index in [9.17, 15) is 0 Å². The van der Waals surface area contributed by atoms with Gasteiger partial charge in [0.15, 0.2) is 0 Å². The Hall–Kier alpha value is -1.39. The van der Waals surface area contributed by atoms with Crippen molar-refractivity contribution in [3.8, 4) is 17.0 Å². The molecule has 0 saturated carbocycles. The van der Waals surface area contributed by atoms with Crippen molar-refractivity contribution in [1.29, 1.82) is 0 Å². The number of nitrogens with zero attached hydrogens (tertiary/aromatic N) is 1. The van der Waals surface area contributed by atoms with E-state index in [-0.39, 0.29) is 12.1 Å². The second-order valence-corrected chi connectivity index (χ2v) is 5.94. The van der Waals surface area contributed by atoms with Crippen LogP contribution in [0.2, 0.25) is 0 Å². The SMILES string of the molecule is CC(N)Cc1nc(-c2ccc(OC(C)C)cc2)cs1. The van der Waals surface area contributed by atoms with Crippen molar-refractivity contribution in [2.24, 2.45) is 5.73 Å². The summed E-state index contributed by atoms with van der Waals surface area (Å²) < 4.78 is 5.63. The molecule has 102 valence electrons. The molecule has 0 aliphatic heterocycles. The maximum absolute atomic E-state index is 5.79. The van der Waals surface area contributed by atoms with E-state index in [2.05, 4.69) is 10.4 Å². The van der Waals surface area contributed by atoms with Crippen molar-refractivity contribution in [3.63, 3.8) is 0 Å². The molecule has 2 aromatic rings. The van der Waals surface area contributed by atoms with Gasteiger partial charge in [-0.15, -0.1) is 11.3 Å². The molecule has 2 rings (SSSR count). The Kier molecular flexibility index (Phi) is 4.56. The standard InChI is InChI=1S/C15H20N2OS/c1-10(2)18-13-6-4-12(5-7-13)14-9-19-15(17-14)8-11(3)16/h4-7,9-11H,8,16H2,1-3H3. The number of thiazole rings is 1. The molecule has 0 radical (unpaired) electrons. The number of ether oxygens (including phenoxy) is 1. The zero-order chi connectivity index (χ0) is 13.8. The van der Waals surface area contributed by atoms with Crippen LogP contribution in [-0.2, 0) is 6.42 Å². The zero-order valence-electron chi connectivity index (χ0n) is 11.6. The van der Waals surface area contributed by atoms with Gasteiger partial charge in [-0.25, -0.2) is 4.98 Å². The third kappa shape index (κ3) is 4.04. The molecule has 2 N–H and O–H groups in total. The Morgan fingerprint density at radius 1 is 1.21 bits per heavy atom. The topological polar surface area (TPSA) is 48.1 Å². The van der Waals surface area contributed by atoms with E-state index in [1.165, 1.54) is 0 Å². The predicted molar refractivity (Wildman–Crippen MR) is 80.7 cm³/mol. The molecule has 1 aromatic heterocycles. The molecule has 3 nitrogen and oxygen atoms in total. The fourth-order valence-electron chi connectivity index (χ4n) is 1.79. The molecular weight excluding hydrogens is 256 g/mol. The van der Waals surface area contributed by atoms with Crippen LogP contribution in [0.25, 0.3) is 11.3 Å². The summed E-state index contributed by atoms with van der Waals surface area (Å²) >= 11 is 1.67. The minimum absolute atomic E-state index is 0.154. The molecule has 1 aromatic carbocycles. The normalized spacial score (nSPS) is 12.7. The fraction of sp³-hybridized carbons (Fsp3) is 0.400. The van der Waals surface area contributed by atoms with Crippen molar-refractivity contribution in [2.45, 2.75) is 39.3 Å². The molecule has 4 heteroatoms. The summed E-state index contributed by atoms with van der Waals surface area (Å²) in [5, 5.41) is 3.17. The summed E-state index contributed by atoms with van der Waals surface area (Å²) in [5.74, 6) is 0.893. The van der Waals surface area contributed by atoms with Crippen LogP contribution < -0.4 is 10.5 Å². The van der Waals surface area contributed by atoms with Crippen molar-refractivity contribution >= 4 is 11.3 Å². The van der Waals surface area contributed by atoms with Gasteiger partial charge >= 0.3 is 0 Å². The molecular formula is C15H20N2OS. The Morgan fingerprint density at radius 2 is 1.89 bits per heavy atom. The van der Waals surface area contributed by atoms with Crippen LogP contribution in [0.3, 0.4) is 0 Å². The monoisotopic (exact) mass is 276 g/mol. The van der Waals surface area contributed by atoms with Gasteiger partial charge in [0.1, 0.15) is 5.75 Å². The average Bonchev–Trinajstić information content (AvgIpc) is 2.76. The van der Waals surface area contributed by atoms with Crippen molar-refractivity contribution < 1.29 is 4.74 Å². The highest BCUT2D eigenvalue weighted by atomic mass is 32.1. The van der Waals surface area contributed by atoms with Crippen molar-refractivity contribution in [3.05, 3.63) is 34.7 Å². The van der Waals surface area contributed by atoms with E-state index in [0.29, 0.717) is 0 Å². The van der Waals surface area contributed by atoms with Crippen molar-refractivity contribution in [1.82, 2.24) is 4.98 Å². The third-order valence-electron chi connectivity index (χ3n) is 2.57. The van der Waals surface area contributed by atoms with Crippen LogP contribution in [0, 0.1) is 0 Å². The first-order chi connectivity index (χ1) is 9.04. The second kappa shape index (κ2) is 6.17. The van der Waals surface area contributed by atoms with Gasteiger partial charge in [0.05, 0.1) is 16.8 Å². The predicted octanol–water partition coefficient (Wildman–Crippen LogP) is 3.49. The Morgan fingerprint density at radius 3 is 2.47 bits per heavy atom. The molecule has 1 heterocycles. The van der Waals surface area contributed by atoms with E-state index < -0.39 is 0 Å². The first-order valence-electron chi connectivity index (χ1n) is 6.51. The van der Waals surface area contributed by atoms with Crippen LogP contribution in [0.15, 0.2) is 29.6 Å². The first kappa shape index (κ1) is 14.0. The molecule has 0 amide bonds. The highest BCUT2D eigenvalue weighted by Crippen LogP contribution is 2.25. The van der Waals surface area contributed by atoms with Gasteiger partial charge in [0.25, 0.3) is 0 Å². The smallest absolute Gasteiger partial charge is 0.119 e. The van der Waals surface area contributed by atoms with Gasteiger partial charge in [0, 0.05) is 23.4 Å². The number of rotatable bonds is 5. The summed E-state index contributed by atoms with van der Waals surface area (Å²) in [6.07, 6.45) is 1.03. The Bertz CT molecular complexity index is 517. The number of hydrogen-bond acceptors (Lipinski definition) is 4. The molecule has 0 fully saturated rings. The summed E-state index contributed by atoms with van der Waals surface area (Å²) in [5.41, 5.74) is 7.91. The second-order valence-electron chi connectivity index (χ2n) is 5.00. The third-order valence-corrected chi connectivity index (χ3v) is 3.44. The molecule has 0 aliphatic rings. The van der Waals surface area contributed by atoms with Gasteiger partial charge in [-0.2, -0.15) is 0 Å². The largest absolute Gasteiger partial charge is 0.491 e. The molecule has 19 heavy (non-hydrogen) atoms. The minimum atomic E-state index is 0.154. The highest BCUT2D eigenvalue weighted by Gasteiger charge is 2.07. The van der Waals surface area contributed by atoms with Gasteiger partial charge in [0.2, 0.25) is 0 Å². The summed E-state index contributed by atoms with van der Waals surface area (Å²) in [4.78, 5) is 4.61. The van der Waals surface area contributed by atoms with Gasteiger partial charge in [-0.05, 0) is 45.0 Å². The van der Waals surface area contributed by atoms with Gasteiger partial charge in [-0.3, -0.25) is 0 Å². The van der Waals surface area contributed by atoms with E-state index >= 15 is 0 Å². The van der Waals surface area contributed by atoms with Crippen LogP contribution in [0.1, 0.15) is 25.8 Å². The lowest BCUT2D eigenvalue weighted by molar-refractivity contribution is 0.242. The molecule has 1 unspecified atom stereocenters. The van der Waals surface area contributed by atoms with Crippen LogP contribution in [0.5, 0.6) is 5.75 Å². The summed E-state index contributed by atoms with van der Waals surface area (Å²) in [6, 6.07) is 8.21. The maximum atomic E-state index is 5.79. The number of aromatic nitrogens is 1. The Labute approximate surface area is 118 Å². The fourth-order valence-corrected chi connectivity index (χ4v) is 2.74. The zero-order valence-corrected chi connectivity index (χ0v) is 12.4. The first-order valence-corrected chi connectivity index (χ1v) is 7.39. The summed E-state index contributed by atoms with van der Waals surface area (Å²) in [7, 11) is 0. The molecule has 0 spiro atoms. The number of nitrogens with two attached hydrogens (primary N) is 1. The number of hydrogen-bond donors (Lipinski definition) is 1. The average molecular weight is 276 g/mol. The van der Waals surface area contributed by atoms with Gasteiger partial charge < -0.3 is 10.5 Å².